The Kier molecular flexibility index (Phi) is 3.69. The van der Waals surface area contributed by atoms with E-state index in [1.807, 2.05) is 12.1 Å². The lowest BCUT2D eigenvalue weighted by atomic mass is 10.1. The molecule has 0 aliphatic rings. The van der Waals surface area contributed by atoms with Crippen LogP contribution in [0.25, 0.3) is 0 Å². The number of methoxy groups -OCH3 is 1. The van der Waals surface area contributed by atoms with E-state index in [0.29, 0.717) is 18.0 Å². The van der Waals surface area contributed by atoms with Crippen molar-refractivity contribution in [1.82, 2.24) is 15.2 Å². The lowest BCUT2D eigenvalue weighted by molar-refractivity contribution is 0.102. The van der Waals surface area contributed by atoms with Crippen LogP contribution in [0.1, 0.15) is 21.7 Å². The van der Waals surface area contributed by atoms with E-state index in [-0.39, 0.29) is 11.9 Å². The molecule has 1 amide bonds. The van der Waals surface area contributed by atoms with E-state index in [1.165, 1.54) is 0 Å². The highest BCUT2D eigenvalue weighted by atomic mass is 16.5. The number of rotatable bonds is 4. The Hall–Kier alpha value is -2.21. The largest absolute Gasteiger partial charge is 0.380 e. The van der Waals surface area contributed by atoms with Crippen molar-refractivity contribution in [3.05, 3.63) is 41.2 Å². The van der Waals surface area contributed by atoms with Gasteiger partial charge in [0.1, 0.15) is 5.82 Å². The van der Waals surface area contributed by atoms with Gasteiger partial charge in [-0.1, -0.05) is 18.2 Å². The molecule has 6 heteroatoms. The maximum Gasteiger partial charge on any atom is 0.258 e. The number of hydrogen-bond donors (Lipinski definition) is 2. The van der Waals surface area contributed by atoms with Gasteiger partial charge in [0.25, 0.3) is 5.91 Å². The minimum atomic E-state index is -0.248. The van der Waals surface area contributed by atoms with E-state index < -0.39 is 0 Å². The third-order valence-electron chi connectivity index (χ3n) is 2.38. The summed E-state index contributed by atoms with van der Waals surface area (Å²) < 4.78 is 5.06. The van der Waals surface area contributed by atoms with Crippen molar-refractivity contribution in [2.75, 3.05) is 12.4 Å². The molecular weight excluding hydrogens is 232 g/mol. The number of hydrogen-bond acceptors (Lipinski definition) is 4. The molecule has 2 N–H and O–H groups in total. The fraction of sp³-hybridized carbons (Fsp3) is 0.250. The van der Waals surface area contributed by atoms with Gasteiger partial charge >= 0.3 is 0 Å². The molecule has 1 heterocycles. The van der Waals surface area contributed by atoms with Gasteiger partial charge in [-0.15, -0.1) is 5.10 Å². The van der Waals surface area contributed by atoms with Crippen LogP contribution >= 0.6 is 0 Å². The standard InChI is InChI=1S/C12H14N4O2/c1-8-13-12(16-15-8)14-11(17)10-6-4-3-5-9(10)7-18-2/h3-6H,7H2,1-2H3,(H2,13,14,15,16,17). The molecule has 94 valence electrons. The molecule has 1 aromatic heterocycles. The molecule has 2 rings (SSSR count). The molecule has 0 aliphatic heterocycles. The van der Waals surface area contributed by atoms with Gasteiger partial charge in [-0.3, -0.25) is 15.2 Å². The summed E-state index contributed by atoms with van der Waals surface area (Å²) in [5, 5.41) is 9.15. The highest BCUT2D eigenvalue weighted by Crippen LogP contribution is 2.11. The van der Waals surface area contributed by atoms with E-state index in [2.05, 4.69) is 20.5 Å². The van der Waals surface area contributed by atoms with Gasteiger partial charge in [0.2, 0.25) is 5.95 Å². The molecule has 0 spiro atoms. The Morgan fingerprint density at radius 2 is 2.22 bits per heavy atom. The molecule has 0 saturated carbocycles. The molecule has 2 aromatic rings. The molecule has 18 heavy (non-hydrogen) atoms. The fourth-order valence-corrected chi connectivity index (χ4v) is 1.59. The van der Waals surface area contributed by atoms with Crippen LogP contribution in [0.4, 0.5) is 5.95 Å². The van der Waals surface area contributed by atoms with Gasteiger partial charge in [-0.05, 0) is 18.6 Å². The van der Waals surface area contributed by atoms with Gasteiger partial charge in [-0.25, -0.2) is 0 Å². The Morgan fingerprint density at radius 3 is 2.89 bits per heavy atom. The molecule has 0 saturated heterocycles. The predicted molar refractivity (Wildman–Crippen MR) is 66.2 cm³/mol. The number of benzene rings is 1. The van der Waals surface area contributed by atoms with Gasteiger partial charge in [0.05, 0.1) is 6.61 Å². The summed E-state index contributed by atoms with van der Waals surface area (Å²) in [6, 6.07) is 7.25. The topological polar surface area (TPSA) is 79.9 Å². The van der Waals surface area contributed by atoms with E-state index in [4.69, 9.17) is 4.74 Å². The second-order valence-corrected chi connectivity index (χ2v) is 3.79. The van der Waals surface area contributed by atoms with E-state index >= 15 is 0 Å². The van der Waals surface area contributed by atoms with Gasteiger partial charge in [-0.2, -0.15) is 4.98 Å². The van der Waals surface area contributed by atoms with Crippen molar-refractivity contribution in [2.45, 2.75) is 13.5 Å². The number of nitrogens with one attached hydrogen (secondary N) is 2. The fourth-order valence-electron chi connectivity index (χ4n) is 1.59. The van der Waals surface area contributed by atoms with Crippen molar-refractivity contribution >= 4 is 11.9 Å². The van der Waals surface area contributed by atoms with E-state index in [1.54, 1.807) is 26.2 Å². The van der Waals surface area contributed by atoms with Crippen molar-refractivity contribution in [2.24, 2.45) is 0 Å². The summed E-state index contributed by atoms with van der Waals surface area (Å²) in [6.07, 6.45) is 0. The van der Waals surface area contributed by atoms with Crippen molar-refractivity contribution in [1.29, 1.82) is 0 Å². The second-order valence-electron chi connectivity index (χ2n) is 3.79. The molecule has 6 nitrogen and oxygen atoms in total. The highest BCUT2D eigenvalue weighted by molar-refractivity contribution is 6.04. The van der Waals surface area contributed by atoms with Crippen molar-refractivity contribution < 1.29 is 9.53 Å². The zero-order chi connectivity index (χ0) is 13.0. The van der Waals surface area contributed by atoms with Crippen LogP contribution in [0.15, 0.2) is 24.3 Å². The van der Waals surface area contributed by atoms with Gasteiger partial charge in [0, 0.05) is 12.7 Å². The molecule has 0 atom stereocenters. The summed E-state index contributed by atoms with van der Waals surface area (Å²) in [6.45, 7) is 2.15. The molecule has 0 fully saturated rings. The second kappa shape index (κ2) is 5.42. The summed E-state index contributed by atoms with van der Waals surface area (Å²) >= 11 is 0. The van der Waals surface area contributed by atoms with E-state index in [9.17, 15) is 4.79 Å². The minimum Gasteiger partial charge on any atom is -0.380 e. The maximum absolute atomic E-state index is 12.1. The highest BCUT2D eigenvalue weighted by Gasteiger charge is 2.12. The number of carbonyl (C=O) groups excluding carboxylic acids is 1. The number of aryl methyl sites for hydroxylation is 1. The van der Waals surface area contributed by atoms with Crippen LogP contribution in [0.5, 0.6) is 0 Å². The zero-order valence-corrected chi connectivity index (χ0v) is 10.2. The smallest absolute Gasteiger partial charge is 0.258 e. The summed E-state index contributed by atoms with van der Waals surface area (Å²) in [7, 11) is 1.59. The van der Waals surface area contributed by atoms with Crippen LogP contribution in [0.3, 0.4) is 0 Å². The maximum atomic E-state index is 12.1. The first-order valence-corrected chi connectivity index (χ1v) is 5.48. The Labute approximate surface area is 104 Å². The number of carbonyl (C=O) groups is 1. The molecule has 0 radical (unpaired) electrons. The number of anilines is 1. The number of ether oxygens (including phenoxy) is 1. The average Bonchev–Trinajstić information content (AvgIpc) is 2.76. The van der Waals surface area contributed by atoms with E-state index in [0.717, 1.165) is 5.56 Å². The lowest BCUT2D eigenvalue weighted by Gasteiger charge is -2.07. The lowest BCUT2D eigenvalue weighted by Crippen LogP contribution is -2.15. The first kappa shape index (κ1) is 12.3. The monoisotopic (exact) mass is 246 g/mol. The van der Waals surface area contributed by atoms with Gasteiger partial charge < -0.3 is 4.74 Å². The Morgan fingerprint density at radius 1 is 1.44 bits per heavy atom. The number of amides is 1. The number of aromatic amines is 1. The normalized spacial score (nSPS) is 10.3. The number of aromatic nitrogens is 3. The van der Waals surface area contributed by atoms with Crippen LogP contribution < -0.4 is 5.32 Å². The molecule has 0 unspecified atom stereocenters. The Bertz CT molecular complexity index is 551. The zero-order valence-electron chi connectivity index (χ0n) is 10.2. The Balaban J connectivity index is 2.18. The van der Waals surface area contributed by atoms with Crippen molar-refractivity contribution in [3.8, 4) is 0 Å². The van der Waals surface area contributed by atoms with Crippen LogP contribution in [-0.4, -0.2) is 28.2 Å². The molecule has 0 aliphatic carbocycles. The van der Waals surface area contributed by atoms with Crippen LogP contribution in [0.2, 0.25) is 0 Å². The third-order valence-corrected chi connectivity index (χ3v) is 2.38. The number of nitrogens with zero attached hydrogens (tertiary/aromatic N) is 2. The third kappa shape index (κ3) is 2.72. The SMILES string of the molecule is COCc1ccccc1C(=O)Nc1n[nH]c(C)n1. The predicted octanol–water partition coefficient (Wildman–Crippen LogP) is 1.51. The van der Waals surface area contributed by atoms with Crippen LogP contribution in [0, 0.1) is 6.92 Å². The molecule has 1 aromatic carbocycles. The first-order valence-electron chi connectivity index (χ1n) is 5.48. The summed E-state index contributed by atoms with van der Waals surface area (Å²) in [5.41, 5.74) is 1.38. The van der Waals surface area contributed by atoms with Gasteiger partial charge in [0.15, 0.2) is 0 Å². The summed E-state index contributed by atoms with van der Waals surface area (Å²) in [5.74, 6) is 0.668. The first-order chi connectivity index (χ1) is 8.70. The number of H-pyrrole nitrogens is 1. The van der Waals surface area contributed by atoms with Crippen molar-refractivity contribution in [3.63, 3.8) is 0 Å². The van der Waals surface area contributed by atoms with Crippen LogP contribution in [-0.2, 0) is 11.3 Å². The summed E-state index contributed by atoms with van der Waals surface area (Å²) in [4.78, 5) is 16.1. The molecule has 0 bridgehead atoms. The average molecular weight is 246 g/mol. The molecular formula is C12H14N4O2. The quantitative estimate of drug-likeness (QED) is 0.857. The minimum absolute atomic E-state index is 0.248.